The minimum atomic E-state index is 0.365. The Kier molecular flexibility index (Phi) is 6.37. The van der Waals surface area contributed by atoms with Gasteiger partial charge < -0.3 is 15.4 Å². The van der Waals surface area contributed by atoms with E-state index in [1.54, 1.807) is 0 Å². The summed E-state index contributed by atoms with van der Waals surface area (Å²) in [5.74, 6) is 1.03. The number of hydrogen-bond donors (Lipinski definition) is 1. The van der Waals surface area contributed by atoms with E-state index in [1.165, 1.54) is 30.5 Å². The second-order valence-corrected chi connectivity index (χ2v) is 6.20. The van der Waals surface area contributed by atoms with Gasteiger partial charge in [0.25, 0.3) is 0 Å². The first-order chi connectivity index (χ1) is 10.2. The van der Waals surface area contributed by atoms with E-state index in [0.717, 1.165) is 44.7 Å². The maximum atomic E-state index is 6.05. The first-order valence-corrected chi connectivity index (χ1v) is 8.44. The number of ether oxygens (including phenoxy) is 1. The highest BCUT2D eigenvalue weighted by molar-refractivity contribution is 5.60. The molecule has 1 aliphatic rings. The molecule has 3 nitrogen and oxygen atoms in total. The van der Waals surface area contributed by atoms with Crippen molar-refractivity contribution in [3.05, 3.63) is 23.8 Å². The molecule has 118 valence electrons. The molecular formula is C18H30N2O. The number of aryl methyl sites for hydroxylation is 1. The Hall–Kier alpha value is -1.22. The summed E-state index contributed by atoms with van der Waals surface area (Å²) in [7, 11) is 0. The van der Waals surface area contributed by atoms with Gasteiger partial charge in [0.2, 0.25) is 0 Å². The van der Waals surface area contributed by atoms with Gasteiger partial charge in [0.05, 0.1) is 12.3 Å². The van der Waals surface area contributed by atoms with Gasteiger partial charge in [-0.15, -0.1) is 0 Å². The van der Waals surface area contributed by atoms with Gasteiger partial charge in [-0.05, 0) is 43.9 Å². The van der Waals surface area contributed by atoms with Crippen LogP contribution in [-0.2, 0) is 0 Å². The van der Waals surface area contributed by atoms with Gasteiger partial charge in [-0.3, -0.25) is 0 Å². The maximum absolute atomic E-state index is 6.05. The van der Waals surface area contributed by atoms with E-state index in [-0.39, 0.29) is 0 Å². The molecule has 2 N–H and O–H groups in total. The van der Waals surface area contributed by atoms with E-state index in [4.69, 9.17) is 10.5 Å². The van der Waals surface area contributed by atoms with Crippen molar-refractivity contribution in [1.82, 2.24) is 0 Å². The zero-order valence-corrected chi connectivity index (χ0v) is 13.6. The molecule has 21 heavy (non-hydrogen) atoms. The van der Waals surface area contributed by atoms with Crippen LogP contribution >= 0.6 is 0 Å². The van der Waals surface area contributed by atoms with Crippen molar-refractivity contribution < 1.29 is 4.74 Å². The lowest BCUT2D eigenvalue weighted by Gasteiger charge is -2.33. The summed E-state index contributed by atoms with van der Waals surface area (Å²) in [5, 5.41) is 0. The summed E-state index contributed by atoms with van der Waals surface area (Å²) in [6.07, 6.45) is 7.12. The van der Waals surface area contributed by atoms with Crippen molar-refractivity contribution in [1.29, 1.82) is 0 Å². The summed E-state index contributed by atoms with van der Waals surface area (Å²) in [4.78, 5) is 2.43. The molecule has 1 heterocycles. The average molecular weight is 290 g/mol. The molecule has 0 amide bonds. The van der Waals surface area contributed by atoms with Gasteiger partial charge in [-0.25, -0.2) is 0 Å². The molecule has 0 aromatic heterocycles. The normalized spacial score (nSPS) is 16.2. The quantitative estimate of drug-likeness (QED) is 0.774. The molecule has 0 spiro atoms. The van der Waals surface area contributed by atoms with Crippen LogP contribution in [0.1, 0.15) is 51.0 Å². The Balaban J connectivity index is 1.96. The van der Waals surface area contributed by atoms with Crippen LogP contribution in [0.15, 0.2) is 18.2 Å². The SMILES string of the molecule is CCCCCCOc1ccc(C)cc1N1CCC(N)CC1. The molecule has 1 fully saturated rings. The van der Waals surface area contributed by atoms with E-state index in [9.17, 15) is 0 Å². The fourth-order valence-corrected chi connectivity index (χ4v) is 2.85. The molecule has 0 bridgehead atoms. The average Bonchev–Trinajstić information content (AvgIpc) is 2.49. The van der Waals surface area contributed by atoms with Crippen LogP contribution in [-0.4, -0.2) is 25.7 Å². The Morgan fingerprint density at radius 2 is 1.95 bits per heavy atom. The van der Waals surface area contributed by atoms with Crippen LogP contribution in [0.4, 0.5) is 5.69 Å². The summed E-state index contributed by atoms with van der Waals surface area (Å²) < 4.78 is 6.05. The minimum absolute atomic E-state index is 0.365. The fraction of sp³-hybridized carbons (Fsp3) is 0.667. The summed E-state index contributed by atoms with van der Waals surface area (Å²) in [5.41, 5.74) is 8.55. The fourth-order valence-electron chi connectivity index (χ4n) is 2.85. The number of hydrogen-bond acceptors (Lipinski definition) is 3. The lowest BCUT2D eigenvalue weighted by molar-refractivity contribution is 0.304. The summed E-state index contributed by atoms with van der Waals surface area (Å²) in [6, 6.07) is 6.88. The van der Waals surface area contributed by atoms with Crippen LogP contribution in [0.3, 0.4) is 0 Å². The monoisotopic (exact) mass is 290 g/mol. The summed E-state index contributed by atoms with van der Waals surface area (Å²) in [6.45, 7) is 7.28. The van der Waals surface area contributed by atoms with Crippen molar-refractivity contribution in [3.8, 4) is 5.75 Å². The number of nitrogens with two attached hydrogens (primary N) is 1. The third-order valence-electron chi connectivity index (χ3n) is 4.25. The predicted octanol–water partition coefficient (Wildman–Crippen LogP) is 3.88. The van der Waals surface area contributed by atoms with Crippen molar-refractivity contribution in [2.45, 2.75) is 58.4 Å². The first-order valence-electron chi connectivity index (χ1n) is 8.44. The molecule has 1 aromatic rings. The largest absolute Gasteiger partial charge is 0.491 e. The topological polar surface area (TPSA) is 38.5 Å². The zero-order valence-electron chi connectivity index (χ0n) is 13.6. The molecule has 0 saturated carbocycles. The lowest BCUT2D eigenvalue weighted by atomic mass is 10.0. The molecule has 0 atom stereocenters. The second kappa shape index (κ2) is 8.28. The number of rotatable bonds is 7. The van der Waals surface area contributed by atoms with E-state index in [0.29, 0.717) is 6.04 Å². The third kappa shape index (κ3) is 4.92. The Morgan fingerprint density at radius 1 is 1.19 bits per heavy atom. The number of anilines is 1. The van der Waals surface area contributed by atoms with Crippen LogP contribution < -0.4 is 15.4 Å². The standard InChI is InChI=1S/C18H30N2O/c1-3-4-5-6-13-21-18-8-7-15(2)14-17(18)20-11-9-16(19)10-12-20/h7-8,14,16H,3-6,9-13,19H2,1-2H3. The number of nitrogens with zero attached hydrogens (tertiary/aromatic N) is 1. The van der Waals surface area contributed by atoms with Gasteiger partial charge in [0.1, 0.15) is 5.75 Å². The van der Waals surface area contributed by atoms with Gasteiger partial charge in [-0.2, -0.15) is 0 Å². The molecule has 2 rings (SSSR count). The number of unbranched alkanes of at least 4 members (excludes halogenated alkanes) is 3. The summed E-state index contributed by atoms with van der Waals surface area (Å²) >= 11 is 0. The highest BCUT2D eigenvalue weighted by Crippen LogP contribution is 2.31. The molecule has 0 radical (unpaired) electrons. The lowest BCUT2D eigenvalue weighted by Crippen LogP contribution is -2.39. The highest BCUT2D eigenvalue weighted by Gasteiger charge is 2.19. The van der Waals surface area contributed by atoms with Crippen molar-refractivity contribution in [3.63, 3.8) is 0 Å². The van der Waals surface area contributed by atoms with E-state index >= 15 is 0 Å². The van der Waals surface area contributed by atoms with E-state index < -0.39 is 0 Å². The van der Waals surface area contributed by atoms with Crippen molar-refractivity contribution in [2.75, 3.05) is 24.6 Å². The van der Waals surface area contributed by atoms with Gasteiger partial charge in [0.15, 0.2) is 0 Å². The Bertz CT molecular complexity index is 425. The molecule has 3 heteroatoms. The van der Waals surface area contributed by atoms with Gasteiger partial charge >= 0.3 is 0 Å². The molecule has 0 unspecified atom stereocenters. The van der Waals surface area contributed by atoms with Crippen molar-refractivity contribution >= 4 is 5.69 Å². The molecular weight excluding hydrogens is 260 g/mol. The number of benzene rings is 1. The highest BCUT2D eigenvalue weighted by atomic mass is 16.5. The van der Waals surface area contributed by atoms with Crippen molar-refractivity contribution in [2.24, 2.45) is 5.73 Å². The van der Waals surface area contributed by atoms with Gasteiger partial charge in [-0.1, -0.05) is 32.3 Å². The molecule has 0 aliphatic carbocycles. The number of piperidine rings is 1. The Morgan fingerprint density at radius 3 is 2.67 bits per heavy atom. The van der Waals surface area contributed by atoms with Crippen LogP contribution in [0, 0.1) is 6.92 Å². The minimum Gasteiger partial charge on any atom is -0.491 e. The third-order valence-corrected chi connectivity index (χ3v) is 4.25. The van der Waals surface area contributed by atoms with E-state index in [2.05, 4.69) is 36.9 Å². The zero-order chi connectivity index (χ0) is 15.1. The predicted molar refractivity (Wildman–Crippen MR) is 90.2 cm³/mol. The second-order valence-electron chi connectivity index (χ2n) is 6.20. The Labute approximate surface area is 129 Å². The molecule has 1 aromatic carbocycles. The van der Waals surface area contributed by atoms with Crippen LogP contribution in [0.25, 0.3) is 0 Å². The molecule has 1 aliphatic heterocycles. The first kappa shape index (κ1) is 16.2. The van der Waals surface area contributed by atoms with E-state index in [1.807, 2.05) is 0 Å². The van der Waals surface area contributed by atoms with Gasteiger partial charge in [0, 0.05) is 19.1 Å². The van der Waals surface area contributed by atoms with Crippen LogP contribution in [0.2, 0.25) is 0 Å². The smallest absolute Gasteiger partial charge is 0.142 e. The maximum Gasteiger partial charge on any atom is 0.142 e. The molecule has 1 saturated heterocycles. The van der Waals surface area contributed by atoms with Crippen LogP contribution in [0.5, 0.6) is 5.75 Å².